The van der Waals surface area contributed by atoms with Crippen LogP contribution >= 0.6 is 0 Å². The first-order valence-corrected chi connectivity index (χ1v) is 34.8. The number of hydrogen-bond donors (Lipinski definition) is 3. The lowest BCUT2D eigenvalue weighted by Gasteiger charge is -2.20. The molecule has 0 spiro atoms. The Hall–Kier alpha value is -1.92. The smallest absolute Gasteiger partial charge is 0.305 e. The summed E-state index contributed by atoms with van der Waals surface area (Å²) in [6, 6.07) is -0.635. The van der Waals surface area contributed by atoms with Crippen molar-refractivity contribution in [2.24, 2.45) is 0 Å². The van der Waals surface area contributed by atoms with Crippen molar-refractivity contribution in [2.75, 3.05) is 13.2 Å². The largest absolute Gasteiger partial charge is 0.466 e. The molecule has 454 valence electrons. The van der Waals surface area contributed by atoms with Gasteiger partial charge in [-0.15, -0.1) is 0 Å². The third kappa shape index (κ3) is 63.1. The van der Waals surface area contributed by atoms with E-state index in [2.05, 4.69) is 43.5 Å². The van der Waals surface area contributed by atoms with E-state index >= 15 is 0 Å². The highest BCUT2D eigenvalue weighted by Crippen LogP contribution is 2.18. The van der Waals surface area contributed by atoms with Crippen molar-refractivity contribution in [2.45, 2.75) is 392 Å². The average Bonchev–Trinajstić information content (AvgIpc) is 3.43. The lowest BCUT2D eigenvalue weighted by Crippen LogP contribution is -2.45. The molecule has 0 bridgehead atoms. The minimum absolute atomic E-state index is 0.00253. The number of rotatable bonds is 65. The summed E-state index contributed by atoms with van der Waals surface area (Å²) in [6.07, 6.45) is 84.9. The lowest BCUT2D eigenvalue weighted by molar-refractivity contribution is -0.143. The quantitative estimate of drug-likeness (QED) is 0.0320. The number of allylic oxidation sites excluding steroid dienone is 5. The Morgan fingerprint density at radius 2 is 0.610 bits per heavy atom. The predicted molar refractivity (Wildman–Crippen MR) is 338 cm³/mol. The summed E-state index contributed by atoms with van der Waals surface area (Å²) in [7, 11) is 0. The third-order valence-corrected chi connectivity index (χ3v) is 16.1. The van der Waals surface area contributed by atoms with Gasteiger partial charge in [-0.2, -0.15) is 0 Å². The molecule has 0 fully saturated rings. The van der Waals surface area contributed by atoms with Crippen molar-refractivity contribution >= 4 is 11.9 Å². The van der Waals surface area contributed by atoms with Crippen molar-refractivity contribution in [3.63, 3.8) is 0 Å². The van der Waals surface area contributed by atoms with Crippen molar-refractivity contribution in [1.82, 2.24) is 5.32 Å². The summed E-state index contributed by atoms with van der Waals surface area (Å²) >= 11 is 0. The third-order valence-electron chi connectivity index (χ3n) is 16.1. The van der Waals surface area contributed by atoms with Crippen molar-refractivity contribution in [1.29, 1.82) is 0 Å². The number of carbonyl (C=O) groups excluding carboxylic acids is 2. The van der Waals surface area contributed by atoms with Gasteiger partial charge in [-0.3, -0.25) is 9.59 Å². The minimum atomic E-state index is -0.851. The van der Waals surface area contributed by atoms with Gasteiger partial charge in [0.05, 0.1) is 25.4 Å². The molecular formula is C71H135NO5. The molecule has 0 saturated heterocycles. The molecule has 3 N–H and O–H groups in total. The first-order valence-electron chi connectivity index (χ1n) is 34.8. The Kier molecular flexibility index (Phi) is 64.9. The van der Waals surface area contributed by atoms with Crippen LogP contribution in [0.15, 0.2) is 36.5 Å². The van der Waals surface area contributed by atoms with Gasteiger partial charge in [0.25, 0.3) is 0 Å². The molecule has 0 aromatic rings. The van der Waals surface area contributed by atoms with Crippen molar-refractivity contribution in [3.05, 3.63) is 36.5 Å². The highest BCUT2D eigenvalue weighted by Gasteiger charge is 2.18. The molecule has 0 rings (SSSR count). The van der Waals surface area contributed by atoms with Crippen LogP contribution in [-0.4, -0.2) is 47.4 Å². The van der Waals surface area contributed by atoms with Crippen LogP contribution < -0.4 is 5.32 Å². The van der Waals surface area contributed by atoms with Gasteiger partial charge >= 0.3 is 5.97 Å². The number of hydrogen-bond acceptors (Lipinski definition) is 5. The zero-order chi connectivity index (χ0) is 55.7. The van der Waals surface area contributed by atoms with Gasteiger partial charge < -0.3 is 20.3 Å². The monoisotopic (exact) mass is 1080 g/mol. The molecule has 0 heterocycles. The zero-order valence-corrected chi connectivity index (χ0v) is 52.0. The van der Waals surface area contributed by atoms with Crippen LogP contribution in [0.25, 0.3) is 0 Å². The van der Waals surface area contributed by atoms with E-state index in [-0.39, 0.29) is 18.5 Å². The molecule has 0 aliphatic rings. The number of carbonyl (C=O) groups is 2. The van der Waals surface area contributed by atoms with Gasteiger partial charge in [0, 0.05) is 12.8 Å². The summed E-state index contributed by atoms with van der Waals surface area (Å²) in [5, 5.41) is 23.2. The highest BCUT2D eigenvalue weighted by atomic mass is 16.5. The molecule has 0 saturated carbocycles. The molecule has 0 aromatic heterocycles. The summed E-state index contributed by atoms with van der Waals surface area (Å²) in [5.41, 5.74) is 0. The Labute approximate surface area is 481 Å². The van der Waals surface area contributed by atoms with Crippen LogP contribution in [0.5, 0.6) is 0 Å². The van der Waals surface area contributed by atoms with Crippen LogP contribution in [0, 0.1) is 0 Å². The molecule has 2 unspecified atom stereocenters. The number of unbranched alkanes of at least 4 members (excludes halogenated alkanes) is 50. The van der Waals surface area contributed by atoms with Crippen LogP contribution in [0.4, 0.5) is 0 Å². The van der Waals surface area contributed by atoms with Gasteiger partial charge in [-0.25, -0.2) is 0 Å². The number of aliphatic hydroxyl groups excluding tert-OH is 2. The predicted octanol–water partition coefficient (Wildman–Crippen LogP) is 22.3. The minimum Gasteiger partial charge on any atom is -0.466 e. The van der Waals surface area contributed by atoms with E-state index in [1.165, 1.54) is 302 Å². The van der Waals surface area contributed by atoms with E-state index in [1.807, 2.05) is 6.08 Å². The Morgan fingerprint density at radius 1 is 0.351 bits per heavy atom. The second kappa shape index (κ2) is 66.6. The van der Waals surface area contributed by atoms with Gasteiger partial charge in [-0.05, 0) is 83.5 Å². The Balaban J connectivity index is 3.44. The first-order chi connectivity index (χ1) is 38.0. The van der Waals surface area contributed by atoms with E-state index in [9.17, 15) is 19.8 Å². The van der Waals surface area contributed by atoms with Gasteiger partial charge in [0.2, 0.25) is 5.91 Å². The van der Waals surface area contributed by atoms with Gasteiger partial charge in [0.15, 0.2) is 0 Å². The summed E-state index contributed by atoms with van der Waals surface area (Å²) < 4.78 is 5.49. The van der Waals surface area contributed by atoms with Crippen LogP contribution in [0.1, 0.15) is 380 Å². The maximum absolute atomic E-state index is 12.5. The lowest BCUT2D eigenvalue weighted by atomic mass is 10.0. The van der Waals surface area contributed by atoms with E-state index in [0.29, 0.717) is 19.4 Å². The van der Waals surface area contributed by atoms with Crippen molar-refractivity contribution < 1.29 is 24.5 Å². The SMILES string of the molecule is CCCCCCCCC/C=C\CCCCCCCC(=O)OCCCCCCCCCCCCC/C=C\CCCCCCCCCC(=O)NC(CO)C(O)/C=C/CCCCCCCCCCCCCCCCCCCCCC. The number of esters is 1. The van der Waals surface area contributed by atoms with Crippen molar-refractivity contribution in [3.8, 4) is 0 Å². The summed E-state index contributed by atoms with van der Waals surface area (Å²) in [6.45, 7) is 4.92. The van der Waals surface area contributed by atoms with E-state index in [4.69, 9.17) is 4.74 Å². The van der Waals surface area contributed by atoms with Crippen LogP contribution in [-0.2, 0) is 14.3 Å². The maximum Gasteiger partial charge on any atom is 0.305 e. The van der Waals surface area contributed by atoms with Crippen LogP contribution in [0.2, 0.25) is 0 Å². The fourth-order valence-corrected chi connectivity index (χ4v) is 10.8. The normalized spacial score (nSPS) is 12.7. The fourth-order valence-electron chi connectivity index (χ4n) is 10.8. The molecule has 77 heavy (non-hydrogen) atoms. The van der Waals surface area contributed by atoms with Crippen LogP contribution in [0.3, 0.4) is 0 Å². The second-order valence-electron chi connectivity index (χ2n) is 23.9. The molecule has 1 amide bonds. The van der Waals surface area contributed by atoms with Gasteiger partial charge in [-0.1, -0.05) is 320 Å². The number of aliphatic hydroxyl groups is 2. The Bertz CT molecular complexity index is 1250. The molecule has 0 aliphatic heterocycles. The van der Waals surface area contributed by atoms with Gasteiger partial charge in [0.1, 0.15) is 0 Å². The molecule has 0 radical (unpaired) electrons. The van der Waals surface area contributed by atoms with E-state index < -0.39 is 12.1 Å². The molecule has 6 nitrogen and oxygen atoms in total. The van der Waals surface area contributed by atoms with E-state index in [1.54, 1.807) is 6.08 Å². The molecule has 0 aromatic carbocycles. The standard InChI is InChI=1S/C71H135NO5/c1-3-5-7-9-11-13-15-17-19-21-22-23-26-29-32-35-39-43-47-51-55-59-63-69(74)68(67-73)72-70(75)64-60-56-52-48-44-40-36-33-30-27-24-25-28-31-34-38-42-46-50-54-58-62-66-77-71(76)65-61-57-53-49-45-41-37-20-18-16-14-12-10-8-6-4-2/h20,27,30,37,59,63,68-69,73-74H,3-19,21-26,28-29,31-36,38-58,60-62,64-67H2,1-2H3,(H,72,75)/b30-27-,37-20-,63-59+. The topological polar surface area (TPSA) is 95.9 Å². The molecular weight excluding hydrogens is 947 g/mol. The molecule has 0 aliphatic carbocycles. The summed E-state index contributed by atoms with van der Waals surface area (Å²) in [4.78, 5) is 24.6. The average molecular weight is 1080 g/mol. The molecule has 2 atom stereocenters. The maximum atomic E-state index is 12.5. The second-order valence-corrected chi connectivity index (χ2v) is 23.9. The first kappa shape index (κ1) is 75.1. The Morgan fingerprint density at radius 3 is 0.922 bits per heavy atom. The summed E-state index contributed by atoms with van der Waals surface area (Å²) in [5.74, 6) is -0.0691. The highest BCUT2D eigenvalue weighted by molar-refractivity contribution is 5.76. The number of nitrogens with one attached hydrogen (secondary N) is 1. The zero-order valence-electron chi connectivity index (χ0n) is 52.0. The fraction of sp³-hybridized carbons (Fsp3) is 0.887. The van der Waals surface area contributed by atoms with E-state index in [0.717, 1.165) is 51.4 Å². The molecule has 6 heteroatoms. The number of ether oxygens (including phenoxy) is 1. The number of amides is 1.